The van der Waals surface area contributed by atoms with Crippen LogP contribution in [0.5, 0.6) is 40.2 Å². The van der Waals surface area contributed by atoms with Gasteiger partial charge in [0, 0.05) is 47.5 Å². The molecule has 3 aromatic carbocycles. The molecular weight excluding hydrogens is 755 g/mol. The number of hydrogen-bond acceptors (Lipinski definition) is 15. The molecule has 7 aliphatic heterocycles. The summed E-state index contributed by atoms with van der Waals surface area (Å²) >= 11 is 1.51. The number of rotatable bonds is 5. The van der Waals surface area contributed by atoms with Gasteiger partial charge in [-0.3, -0.25) is 19.9 Å². The van der Waals surface area contributed by atoms with Crippen molar-refractivity contribution in [2.75, 3.05) is 47.0 Å². The molecule has 7 heterocycles. The van der Waals surface area contributed by atoms with Crippen LogP contribution in [0.25, 0.3) is 0 Å². The van der Waals surface area contributed by atoms with Crippen molar-refractivity contribution in [3.05, 3.63) is 62.7 Å². The van der Waals surface area contributed by atoms with Gasteiger partial charge in [0.25, 0.3) is 0 Å². The molecule has 4 bridgehead atoms. The summed E-state index contributed by atoms with van der Waals surface area (Å²) < 4.78 is 42.6. The van der Waals surface area contributed by atoms with Crippen molar-refractivity contribution in [1.29, 1.82) is 0 Å². The van der Waals surface area contributed by atoms with Crippen LogP contribution in [0.4, 0.5) is 0 Å². The van der Waals surface area contributed by atoms with Crippen LogP contribution in [0, 0.1) is 13.8 Å². The fourth-order valence-electron chi connectivity index (χ4n) is 10.3. The van der Waals surface area contributed by atoms with Gasteiger partial charge < -0.3 is 43.4 Å². The third kappa shape index (κ3) is 5.52. The number of carbonyl (C=O) groups excluding carboxylic acids is 2. The Morgan fingerprint density at radius 3 is 2.51 bits per heavy atom. The number of nitrogens with zero attached hydrogens (tertiary/aromatic N) is 2. The first kappa shape index (κ1) is 38.1. The average molecular weight is 804 g/mol. The number of methoxy groups -OCH3 is 2. The van der Waals surface area contributed by atoms with Crippen molar-refractivity contribution < 1.29 is 53.0 Å². The Morgan fingerprint density at radius 1 is 1.02 bits per heavy atom. The number of likely N-dealkylation sites (N-methyl/N-ethyl adjacent to an activating group) is 1. The van der Waals surface area contributed by atoms with Gasteiger partial charge in [-0.2, -0.15) is 0 Å². The fourth-order valence-corrected chi connectivity index (χ4v) is 12.0. The lowest BCUT2D eigenvalue weighted by atomic mass is 9.73. The standard InChI is InChI=1S/C42H49N3O11S/c1-18(2)55-28-13-22-9-10-43-42(24(22)14-27(28)50-7)16-57-39-31-30(38-37(53-17-54-38)20(4)36(31)56-21(5)46)26(15-52-41(42)49)45-33(39)32-29-23(12-25(40(45)48)44(32)6)11-19(3)35(51-8)34(29)47/h11,13-14,18,25-26,32-33,39-40,43,47-48H,9-10,12,15-17H2,1-8H3/t25-,26-,32+,33+,39+,40-,42+/m0/s1. The number of fused-ring (bicyclic) bond motifs is 9. The molecule has 14 nitrogen and oxygen atoms in total. The van der Waals surface area contributed by atoms with E-state index in [2.05, 4.69) is 10.2 Å². The van der Waals surface area contributed by atoms with Crippen molar-refractivity contribution in [2.45, 2.75) is 94.7 Å². The summed E-state index contributed by atoms with van der Waals surface area (Å²) in [6, 6.07) is 3.71. The Bertz CT molecular complexity index is 2200. The molecule has 15 heteroatoms. The molecule has 2 fully saturated rings. The van der Waals surface area contributed by atoms with Crippen LogP contribution in [0.2, 0.25) is 0 Å². The number of phenolic OH excluding ortho intramolecular Hbond substituents is 1. The molecule has 0 amide bonds. The number of esters is 2. The maximum atomic E-state index is 14.9. The lowest BCUT2D eigenvalue weighted by Crippen LogP contribution is -2.70. The molecule has 57 heavy (non-hydrogen) atoms. The second-order valence-corrected chi connectivity index (χ2v) is 17.2. The highest BCUT2D eigenvalue weighted by molar-refractivity contribution is 7.99. The normalized spacial score (nSPS) is 28.6. The highest BCUT2D eigenvalue weighted by Crippen LogP contribution is 2.64. The maximum absolute atomic E-state index is 14.9. The molecule has 7 atom stereocenters. The summed E-state index contributed by atoms with van der Waals surface area (Å²) in [5, 5.41) is 27.7. The Kier molecular flexibility index (Phi) is 9.27. The second-order valence-electron chi connectivity index (χ2n) is 16.1. The second kappa shape index (κ2) is 13.9. The van der Waals surface area contributed by atoms with Crippen LogP contribution in [0.15, 0.2) is 18.2 Å². The number of aromatic hydroxyl groups is 1. The summed E-state index contributed by atoms with van der Waals surface area (Å²) in [7, 11) is 5.10. The van der Waals surface area contributed by atoms with Gasteiger partial charge in [-0.25, -0.2) is 4.79 Å². The number of benzene rings is 3. The number of ether oxygens (including phenoxy) is 7. The first-order valence-corrected chi connectivity index (χ1v) is 20.5. The molecule has 3 N–H and O–H groups in total. The van der Waals surface area contributed by atoms with Crippen LogP contribution in [0.1, 0.15) is 82.6 Å². The van der Waals surface area contributed by atoms with Crippen LogP contribution in [0.3, 0.4) is 0 Å². The molecular formula is C42H49N3O11S. The van der Waals surface area contributed by atoms with Gasteiger partial charge in [-0.1, -0.05) is 6.07 Å². The lowest BCUT2D eigenvalue weighted by molar-refractivity contribution is -0.186. The number of piperazine rings is 1. The van der Waals surface area contributed by atoms with Crippen molar-refractivity contribution in [3.8, 4) is 40.2 Å². The van der Waals surface area contributed by atoms with E-state index in [1.54, 1.807) is 14.2 Å². The summed E-state index contributed by atoms with van der Waals surface area (Å²) in [6.07, 6.45) is -0.0184. The van der Waals surface area contributed by atoms with Crippen molar-refractivity contribution in [1.82, 2.24) is 15.1 Å². The quantitative estimate of drug-likeness (QED) is 0.245. The van der Waals surface area contributed by atoms with Gasteiger partial charge >= 0.3 is 11.9 Å². The fraction of sp³-hybridized carbons (Fsp3) is 0.524. The number of aliphatic hydroxyl groups is 1. The van der Waals surface area contributed by atoms with E-state index in [4.69, 9.17) is 33.2 Å². The SMILES string of the molecule is COc1cc2c(cc1OC(C)C)CCN[C@]21CS[C@@H]2c3c(OC(C)=O)c(C)c4c(c3[C@H](COC1=O)N1[C@@H]2[C@H]2c3c(cc(C)c(OC)c3O)C[C@@H]([C@@H]1O)N2C)OCO4. The monoisotopic (exact) mass is 803 g/mol. The predicted molar refractivity (Wildman–Crippen MR) is 209 cm³/mol. The van der Waals surface area contributed by atoms with Crippen LogP contribution in [-0.4, -0.2) is 103 Å². The molecule has 0 unspecified atom stereocenters. The summed E-state index contributed by atoms with van der Waals surface area (Å²) in [6.45, 7) is 9.30. The maximum Gasteiger partial charge on any atom is 0.331 e. The van der Waals surface area contributed by atoms with Gasteiger partial charge in [0.05, 0.1) is 43.7 Å². The van der Waals surface area contributed by atoms with Crippen LogP contribution >= 0.6 is 11.8 Å². The molecule has 7 aliphatic rings. The zero-order valence-electron chi connectivity index (χ0n) is 33.4. The molecule has 0 aliphatic carbocycles. The molecule has 0 aromatic heterocycles. The number of aliphatic hydroxyl groups excluding tert-OH is 1. The molecule has 1 spiro atoms. The Morgan fingerprint density at radius 2 is 1.79 bits per heavy atom. The van der Waals surface area contributed by atoms with E-state index in [0.717, 1.165) is 22.3 Å². The lowest BCUT2D eigenvalue weighted by Gasteiger charge is -2.62. The first-order valence-electron chi connectivity index (χ1n) is 19.4. The molecule has 3 aromatic rings. The summed E-state index contributed by atoms with van der Waals surface area (Å²) in [4.78, 5) is 32.0. The number of aryl methyl sites for hydroxylation is 1. The smallest absolute Gasteiger partial charge is 0.331 e. The van der Waals surface area contributed by atoms with E-state index in [9.17, 15) is 19.8 Å². The van der Waals surface area contributed by atoms with Gasteiger partial charge in [-0.05, 0) is 82.0 Å². The van der Waals surface area contributed by atoms with Gasteiger partial charge in [0.2, 0.25) is 6.79 Å². The van der Waals surface area contributed by atoms with Crippen molar-refractivity contribution in [3.63, 3.8) is 0 Å². The van der Waals surface area contributed by atoms with E-state index in [0.29, 0.717) is 76.1 Å². The molecule has 0 radical (unpaired) electrons. The molecule has 2 saturated heterocycles. The van der Waals surface area contributed by atoms with E-state index in [-0.39, 0.29) is 37.0 Å². The van der Waals surface area contributed by atoms with Crippen LogP contribution in [-0.2, 0) is 32.7 Å². The Hall–Kier alpha value is -4.41. The Labute approximate surface area is 335 Å². The minimum absolute atomic E-state index is 0.0506. The highest BCUT2D eigenvalue weighted by Gasteiger charge is 2.61. The summed E-state index contributed by atoms with van der Waals surface area (Å²) in [5.41, 5.74) is 4.75. The zero-order valence-corrected chi connectivity index (χ0v) is 34.2. The van der Waals surface area contributed by atoms with E-state index >= 15 is 0 Å². The number of thioether (sulfide) groups is 1. The third-order valence-corrected chi connectivity index (χ3v) is 14.1. The van der Waals surface area contributed by atoms with E-state index in [1.165, 1.54) is 18.7 Å². The molecule has 304 valence electrons. The van der Waals surface area contributed by atoms with Crippen LogP contribution < -0.4 is 33.7 Å². The summed E-state index contributed by atoms with van der Waals surface area (Å²) in [5.74, 6) is 2.02. The van der Waals surface area contributed by atoms with E-state index < -0.39 is 47.1 Å². The van der Waals surface area contributed by atoms with Gasteiger partial charge in [0.15, 0.2) is 40.0 Å². The Balaban J connectivity index is 1.30. The minimum atomic E-state index is -1.31. The number of hydrogen-bond donors (Lipinski definition) is 3. The number of phenols is 1. The van der Waals surface area contributed by atoms with Gasteiger partial charge in [0.1, 0.15) is 18.6 Å². The third-order valence-electron chi connectivity index (χ3n) is 12.6. The minimum Gasteiger partial charge on any atom is -0.504 e. The van der Waals surface area contributed by atoms with Crippen molar-refractivity contribution >= 4 is 23.7 Å². The topological polar surface area (TPSA) is 158 Å². The number of nitrogens with one attached hydrogen (secondary N) is 1. The van der Waals surface area contributed by atoms with E-state index in [1.807, 2.05) is 57.8 Å². The molecule has 0 saturated carbocycles. The zero-order chi connectivity index (χ0) is 40.2. The largest absolute Gasteiger partial charge is 0.504 e. The first-order chi connectivity index (χ1) is 27.3. The molecule has 10 rings (SSSR count). The predicted octanol–water partition coefficient (Wildman–Crippen LogP) is 4.49. The average Bonchev–Trinajstić information content (AvgIpc) is 3.66. The van der Waals surface area contributed by atoms with Crippen molar-refractivity contribution in [2.24, 2.45) is 0 Å². The number of carbonyl (C=O) groups is 2. The van der Waals surface area contributed by atoms with Gasteiger partial charge in [-0.15, -0.1) is 11.8 Å². The highest BCUT2D eigenvalue weighted by atomic mass is 32.2.